The topological polar surface area (TPSA) is 3.24 Å². The van der Waals surface area contributed by atoms with E-state index in [2.05, 4.69) is 42.8 Å². The second-order valence-electron chi connectivity index (χ2n) is 5.12. The first-order valence-electron chi connectivity index (χ1n) is 6.49. The fraction of sp³-hybridized carbons (Fsp3) is 0.600. The summed E-state index contributed by atoms with van der Waals surface area (Å²) in [4.78, 5) is 2.30. The van der Waals surface area contributed by atoms with Gasteiger partial charge in [0.1, 0.15) is 0 Å². The highest BCUT2D eigenvalue weighted by Gasteiger charge is 2.26. The van der Waals surface area contributed by atoms with Crippen LogP contribution in [-0.4, -0.2) is 18.5 Å². The Kier molecular flexibility index (Phi) is 3.87. The third-order valence-corrected chi connectivity index (χ3v) is 3.64. The Balaban J connectivity index is 1.71. The van der Waals surface area contributed by atoms with Gasteiger partial charge >= 0.3 is 0 Å². The van der Waals surface area contributed by atoms with Gasteiger partial charge in [0, 0.05) is 19.3 Å². The van der Waals surface area contributed by atoms with E-state index in [-0.39, 0.29) is 0 Å². The molecule has 0 spiro atoms. The Morgan fingerprint density at radius 2 is 2.19 bits per heavy atom. The lowest BCUT2D eigenvalue weighted by molar-refractivity contribution is 0.437. The Hall–Kier alpha value is -0.980. The van der Waals surface area contributed by atoms with Crippen LogP contribution in [0, 0.1) is 11.8 Å². The average Bonchev–Trinajstić information content (AvgIpc) is 3.13. The number of allylic oxidation sites excluding steroid dienone is 4. The molecular formula is C15H23N. The van der Waals surface area contributed by atoms with Crippen LogP contribution < -0.4 is 0 Å². The molecule has 2 rings (SSSR count). The first-order chi connectivity index (χ1) is 7.77. The molecule has 2 aliphatic carbocycles. The summed E-state index contributed by atoms with van der Waals surface area (Å²) >= 11 is 0. The van der Waals surface area contributed by atoms with E-state index in [0.717, 1.165) is 18.4 Å². The van der Waals surface area contributed by atoms with Crippen LogP contribution >= 0.6 is 0 Å². The molecule has 0 saturated heterocycles. The van der Waals surface area contributed by atoms with Crippen molar-refractivity contribution in [2.45, 2.75) is 32.1 Å². The third kappa shape index (κ3) is 3.26. The average molecular weight is 217 g/mol. The molecule has 0 bridgehead atoms. The molecule has 0 aliphatic heterocycles. The Labute approximate surface area is 99.5 Å². The highest BCUT2D eigenvalue weighted by molar-refractivity contribution is 5.08. The highest BCUT2D eigenvalue weighted by Crippen LogP contribution is 2.36. The summed E-state index contributed by atoms with van der Waals surface area (Å²) in [5.74, 6) is 1.56. The van der Waals surface area contributed by atoms with Crippen molar-refractivity contribution in [3.63, 3.8) is 0 Å². The molecule has 0 aromatic carbocycles. The summed E-state index contributed by atoms with van der Waals surface area (Å²) < 4.78 is 0. The van der Waals surface area contributed by atoms with E-state index in [0.29, 0.717) is 0 Å². The standard InChI is InChI=1S/C15H23N/c1-13(15-10-11-15)16(2)12-6-9-14-7-4-3-5-8-14/h3-4,6,9,14-15H,1,5,7-8,10-12H2,2H3/b9-6-. The minimum absolute atomic E-state index is 0.771. The van der Waals surface area contributed by atoms with Crippen LogP contribution in [0.1, 0.15) is 32.1 Å². The lowest BCUT2D eigenvalue weighted by Crippen LogP contribution is -2.18. The summed E-state index contributed by atoms with van der Waals surface area (Å²) in [6.07, 6.45) is 15.8. The highest BCUT2D eigenvalue weighted by atomic mass is 15.1. The van der Waals surface area contributed by atoms with E-state index < -0.39 is 0 Å². The van der Waals surface area contributed by atoms with Gasteiger partial charge in [0.05, 0.1) is 0 Å². The maximum absolute atomic E-state index is 4.16. The predicted molar refractivity (Wildman–Crippen MR) is 70.1 cm³/mol. The van der Waals surface area contributed by atoms with E-state index >= 15 is 0 Å². The van der Waals surface area contributed by atoms with Crippen molar-refractivity contribution in [1.82, 2.24) is 4.90 Å². The summed E-state index contributed by atoms with van der Waals surface area (Å²) in [5.41, 5.74) is 1.33. The molecule has 1 fully saturated rings. The zero-order valence-electron chi connectivity index (χ0n) is 10.4. The normalized spacial score (nSPS) is 24.9. The van der Waals surface area contributed by atoms with Gasteiger partial charge in [0.15, 0.2) is 0 Å². The summed E-state index contributed by atoms with van der Waals surface area (Å²) in [5, 5.41) is 0. The largest absolute Gasteiger partial charge is 0.374 e. The molecular weight excluding hydrogens is 194 g/mol. The van der Waals surface area contributed by atoms with Crippen molar-refractivity contribution in [2.24, 2.45) is 11.8 Å². The quantitative estimate of drug-likeness (QED) is 0.634. The lowest BCUT2D eigenvalue weighted by Gasteiger charge is -2.20. The van der Waals surface area contributed by atoms with Crippen LogP contribution in [0.25, 0.3) is 0 Å². The van der Waals surface area contributed by atoms with Gasteiger partial charge in [-0.2, -0.15) is 0 Å². The second kappa shape index (κ2) is 5.38. The molecule has 1 atom stereocenters. The van der Waals surface area contributed by atoms with E-state index in [1.165, 1.54) is 37.8 Å². The van der Waals surface area contributed by atoms with Crippen molar-refractivity contribution >= 4 is 0 Å². The minimum Gasteiger partial charge on any atom is -0.374 e. The maximum Gasteiger partial charge on any atom is 0.0353 e. The summed E-state index contributed by atoms with van der Waals surface area (Å²) in [7, 11) is 2.16. The van der Waals surface area contributed by atoms with Gasteiger partial charge in [0.2, 0.25) is 0 Å². The van der Waals surface area contributed by atoms with E-state index in [4.69, 9.17) is 0 Å². The van der Waals surface area contributed by atoms with Gasteiger partial charge in [-0.15, -0.1) is 0 Å². The molecule has 1 unspecified atom stereocenters. The molecule has 1 saturated carbocycles. The molecule has 2 aliphatic rings. The zero-order chi connectivity index (χ0) is 11.4. The van der Waals surface area contributed by atoms with E-state index in [9.17, 15) is 0 Å². The molecule has 0 N–H and O–H groups in total. The second-order valence-corrected chi connectivity index (χ2v) is 5.12. The smallest absolute Gasteiger partial charge is 0.0353 e. The van der Waals surface area contributed by atoms with Crippen LogP contribution in [0.15, 0.2) is 36.6 Å². The summed E-state index contributed by atoms with van der Waals surface area (Å²) in [6.45, 7) is 5.19. The Morgan fingerprint density at radius 1 is 1.38 bits per heavy atom. The van der Waals surface area contributed by atoms with Crippen molar-refractivity contribution in [3.8, 4) is 0 Å². The van der Waals surface area contributed by atoms with E-state index in [1.54, 1.807) is 0 Å². The number of rotatable bonds is 5. The number of nitrogens with zero attached hydrogens (tertiary/aromatic N) is 1. The molecule has 16 heavy (non-hydrogen) atoms. The van der Waals surface area contributed by atoms with Gasteiger partial charge in [-0.05, 0) is 43.9 Å². The maximum atomic E-state index is 4.16. The first-order valence-corrected chi connectivity index (χ1v) is 6.49. The monoisotopic (exact) mass is 217 g/mol. The molecule has 0 aromatic rings. The van der Waals surface area contributed by atoms with Crippen LogP contribution in [0.4, 0.5) is 0 Å². The van der Waals surface area contributed by atoms with Crippen molar-refractivity contribution < 1.29 is 0 Å². The van der Waals surface area contributed by atoms with Crippen LogP contribution in [0.3, 0.4) is 0 Å². The Bertz CT molecular complexity index is 297. The number of hydrogen-bond donors (Lipinski definition) is 0. The van der Waals surface area contributed by atoms with Crippen LogP contribution in [0.2, 0.25) is 0 Å². The van der Waals surface area contributed by atoms with Gasteiger partial charge in [-0.1, -0.05) is 30.9 Å². The van der Waals surface area contributed by atoms with E-state index in [1.807, 2.05) is 0 Å². The first kappa shape index (κ1) is 11.5. The van der Waals surface area contributed by atoms with Crippen molar-refractivity contribution in [1.29, 1.82) is 0 Å². The van der Waals surface area contributed by atoms with Crippen LogP contribution in [-0.2, 0) is 0 Å². The zero-order valence-corrected chi connectivity index (χ0v) is 10.4. The van der Waals surface area contributed by atoms with Gasteiger partial charge in [-0.25, -0.2) is 0 Å². The SMILES string of the molecule is C=C(C1CC1)N(C)C/C=C\C1CC=CCC1. The molecule has 1 nitrogen and oxygen atoms in total. The summed E-state index contributed by atoms with van der Waals surface area (Å²) in [6, 6.07) is 0. The molecule has 0 aromatic heterocycles. The molecule has 88 valence electrons. The molecule has 0 heterocycles. The van der Waals surface area contributed by atoms with Gasteiger partial charge in [-0.3, -0.25) is 0 Å². The van der Waals surface area contributed by atoms with Crippen LogP contribution in [0.5, 0.6) is 0 Å². The van der Waals surface area contributed by atoms with Gasteiger partial charge < -0.3 is 4.90 Å². The molecule has 1 heteroatoms. The number of likely N-dealkylation sites (N-methyl/N-ethyl adjacent to an activating group) is 1. The fourth-order valence-corrected chi connectivity index (χ4v) is 2.25. The fourth-order valence-electron chi connectivity index (χ4n) is 2.25. The van der Waals surface area contributed by atoms with Crippen molar-refractivity contribution in [3.05, 3.63) is 36.6 Å². The van der Waals surface area contributed by atoms with Crippen molar-refractivity contribution in [2.75, 3.05) is 13.6 Å². The third-order valence-electron chi connectivity index (χ3n) is 3.64. The lowest BCUT2D eigenvalue weighted by atomic mass is 9.94. The minimum atomic E-state index is 0.771. The predicted octanol–water partition coefficient (Wildman–Crippen LogP) is 3.75. The molecule has 0 radical (unpaired) electrons. The number of hydrogen-bond acceptors (Lipinski definition) is 1. The molecule has 0 amide bonds. The Morgan fingerprint density at radius 3 is 2.81 bits per heavy atom. The van der Waals surface area contributed by atoms with Gasteiger partial charge in [0.25, 0.3) is 0 Å².